The molecule has 2 aromatic rings. The first-order chi connectivity index (χ1) is 19.6. The number of hydrogen-bond donors (Lipinski definition) is 4. The zero-order valence-corrected chi connectivity index (χ0v) is 22.0. The Balaban J connectivity index is 1.54. The Hall–Kier alpha value is -4.25. The van der Waals surface area contributed by atoms with Crippen LogP contribution in [0.5, 0.6) is 5.75 Å². The molecule has 41 heavy (non-hydrogen) atoms. The van der Waals surface area contributed by atoms with Gasteiger partial charge in [0, 0.05) is 18.1 Å². The Bertz CT molecular complexity index is 1350. The van der Waals surface area contributed by atoms with Gasteiger partial charge in [0.15, 0.2) is 12.6 Å². The molecule has 2 heterocycles. The maximum Gasteiger partial charge on any atom is 0.339 e. The highest BCUT2D eigenvalue weighted by molar-refractivity contribution is 5.91. The molecule has 12 nitrogen and oxygen atoms in total. The summed E-state index contributed by atoms with van der Waals surface area (Å²) in [5.74, 6) is 2.18. The molecule has 2 aliphatic rings. The average molecular weight is 568 g/mol. The number of carbonyl (C=O) groups excluding carboxylic acids is 1. The van der Waals surface area contributed by atoms with Crippen LogP contribution in [0.15, 0.2) is 60.7 Å². The number of nitrogens with one attached hydrogen (secondary N) is 1. The molecule has 0 saturated carbocycles. The number of carbonyl (C=O) groups is 3. The number of aromatic carboxylic acids is 1. The first-order valence-corrected chi connectivity index (χ1v) is 12.6. The summed E-state index contributed by atoms with van der Waals surface area (Å²) < 4.78 is 30.0. The molecule has 0 unspecified atom stereocenters. The Morgan fingerprint density at radius 3 is 2.54 bits per heavy atom. The Morgan fingerprint density at radius 2 is 1.85 bits per heavy atom. The van der Waals surface area contributed by atoms with Crippen LogP contribution in [0.1, 0.15) is 34.7 Å². The van der Waals surface area contributed by atoms with E-state index in [9.17, 15) is 29.7 Å². The second kappa shape index (κ2) is 13.4. The van der Waals surface area contributed by atoms with Crippen molar-refractivity contribution < 1.29 is 53.4 Å². The van der Waals surface area contributed by atoms with Gasteiger partial charge < -0.3 is 44.3 Å². The lowest BCUT2D eigenvalue weighted by molar-refractivity contribution is -0.346. The number of ether oxygens (including phenoxy) is 5. The Kier molecular flexibility index (Phi) is 9.72. The zero-order valence-electron chi connectivity index (χ0n) is 22.0. The highest BCUT2D eigenvalue weighted by Gasteiger charge is 2.51. The van der Waals surface area contributed by atoms with Crippen molar-refractivity contribution in [2.24, 2.45) is 0 Å². The fourth-order valence-electron chi connectivity index (χ4n) is 4.39. The lowest BCUT2D eigenvalue weighted by atomic mass is 9.95. The molecule has 4 rings (SSSR count). The lowest BCUT2D eigenvalue weighted by Gasteiger charge is -2.49. The number of amides is 1. The highest BCUT2D eigenvalue weighted by atomic mass is 16.7. The molecule has 216 valence electrons. The fourth-order valence-corrected chi connectivity index (χ4v) is 4.39. The largest absolute Gasteiger partial charge is 0.507 e. The van der Waals surface area contributed by atoms with Gasteiger partial charge >= 0.3 is 11.9 Å². The van der Waals surface area contributed by atoms with Crippen LogP contribution in [0.3, 0.4) is 0 Å². The third-order valence-electron chi connectivity index (χ3n) is 6.31. The van der Waals surface area contributed by atoms with E-state index in [-0.39, 0.29) is 36.7 Å². The van der Waals surface area contributed by atoms with E-state index >= 15 is 0 Å². The van der Waals surface area contributed by atoms with Gasteiger partial charge in [-0.15, -0.1) is 0 Å². The number of phenols is 1. The predicted octanol–water partition coefficient (Wildman–Crippen LogP) is 1.83. The number of aromatic hydroxyl groups is 1. The molecule has 4 N–H and O–H groups in total. The van der Waals surface area contributed by atoms with Crippen molar-refractivity contribution in [2.75, 3.05) is 19.8 Å². The van der Waals surface area contributed by atoms with Crippen LogP contribution >= 0.6 is 0 Å². The van der Waals surface area contributed by atoms with Crippen LogP contribution in [0.25, 0.3) is 0 Å². The molecular weight excluding hydrogens is 538 g/mol. The molecule has 0 spiro atoms. The van der Waals surface area contributed by atoms with Crippen LogP contribution < -0.4 is 5.32 Å². The van der Waals surface area contributed by atoms with E-state index < -0.39 is 54.8 Å². The summed E-state index contributed by atoms with van der Waals surface area (Å²) in [6.45, 7) is 4.37. The summed E-state index contributed by atoms with van der Waals surface area (Å²) in [5.41, 5.74) is 0.601. The number of hydrogen-bond acceptors (Lipinski definition) is 9. The van der Waals surface area contributed by atoms with Gasteiger partial charge in [-0.1, -0.05) is 48.8 Å². The number of aliphatic carboxylic acids is 1. The van der Waals surface area contributed by atoms with Gasteiger partial charge in [-0.2, -0.15) is 0 Å². The summed E-state index contributed by atoms with van der Waals surface area (Å²) in [6.07, 6.45) is -4.23. The van der Waals surface area contributed by atoms with Crippen LogP contribution in [0.2, 0.25) is 0 Å². The molecular formula is C29H29NO11. The number of carboxylic acid groups (broad SMARTS) is 2. The Labute approximate surface area is 235 Å². The van der Waals surface area contributed by atoms with E-state index in [1.54, 1.807) is 0 Å². The minimum absolute atomic E-state index is 0.0910. The van der Waals surface area contributed by atoms with Crippen molar-refractivity contribution in [3.05, 3.63) is 77.4 Å². The number of rotatable bonds is 9. The quantitative estimate of drug-likeness (QED) is 0.257. The number of benzene rings is 2. The molecule has 0 aromatic heterocycles. The highest BCUT2D eigenvalue weighted by Crippen LogP contribution is 2.36. The smallest absolute Gasteiger partial charge is 0.339 e. The van der Waals surface area contributed by atoms with E-state index in [2.05, 4.69) is 23.7 Å². The van der Waals surface area contributed by atoms with Crippen LogP contribution in [0, 0.1) is 11.8 Å². The fraction of sp³-hybridized carbons (Fsp3) is 0.345. The van der Waals surface area contributed by atoms with E-state index in [0.29, 0.717) is 5.56 Å². The van der Waals surface area contributed by atoms with Crippen molar-refractivity contribution in [3.63, 3.8) is 0 Å². The van der Waals surface area contributed by atoms with Crippen molar-refractivity contribution in [2.45, 2.75) is 43.9 Å². The van der Waals surface area contributed by atoms with Gasteiger partial charge in [-0.05, 0) is 18.2 Å². The van der Waals surface area contributed by atoms with E-state index in [4.69, 9.17) is 23.7 Å². The van der Waals surface area contributed by atoms with Crippen LogP contribution in [0.4, 0.5) is 0 Å². The van der Waals surface area contributed by atoms with E-state index in [0.717, 1.165) is 5.56 Å². The molecule has 0 aliphatic carbocycles. The predicted molar refractivity (Wildman–Crippen MR) is 141 cm³/mol. The minimum Gasteiger partial charge on any atom is -0.507 e. The molecule has 12 heteroatoms. The summed E-state index contributed by atoms with van der Waals surface area (Å²) in [5, 5.41) is 30.9. The molecule has 2 aliphatic heterocycles. The van der Waals surface area contributed by atoms with Crippen molar-refractivity contribution >= 4 is 17.8 Å². The summed E-state index contributed by atoms with van der Waals surface area (Å²) >= 11 is 0. The third kappa shape index (κ3) is 7.49. The van der Waals surface area contributed by atoms with Gasteiger partial charge in [0.2, 0.25) is 5.91 Å². The SMILES string of the molecule is C=C(CO[C@@H]1[C@H](NC(C)=O)[C@H](OCC#Cc2ccc(O)c(C(=O)O)c2)O[C@@H]2CO[C@H](c3ccccc3)O[C@@H]12)C(=O)O. The van der Waals surface area contributed by atoms with Crippen molar-refractivity contribution in [1.29, 1.82) is 0 Å². The summed E-state index contributed by atoms with van der Waals surface area (Å²) in [7, 11) is 0. The standard InChI is InChI=1S/C29H29NO11/c1-16(26(33)34)14-38-25-23(30-17(2)31)29(37-12-6-7-18-10-11-21(32)20(13-18)27(35)36)40-22-15-39-28(41-24(22)25)19-8-4-3-5-9-19/h3-5,8-11,13,22-25,28-29,32H,1,12,14-15H2,2H3,(H,30,31)(H,33,34)(H,35,36)/t22-,23+,24-,25-,28+,29-/m1/s1. The minimum atomic E-state index is -1.30. The van der Waals surface area contributed by atoms with Gasteiger partial charge in [-0.25, -0.2) is 9.59 Å². The number of fused-ring (bicyclic) bond motifs is 1. The molecule has 0 bridgehead atoms. The topological polar surface area (TPSA) is 170 Å². The molecule has 1 amide bonds. The number of carboxylic acids is 2. The van der Waals surface area contributed by atoms with Crippen molar-refractivity contribution in [3.8, 4) is 17.6 Å². The van der Waals surface area contributed by atoms with E-state index in [1.165, 1.54) is 25.1 Å². The summed E-state index contributed by atoms with van der Waals surface area (Å²) in [4.78, 5) is 34.8. The maximum absolute atomic E-state index is 12.2. The maximum atomic E-state index is 12.2. The molecule has 2 saturated heterocycles. The van der Waals surface area contributed by atoms with Gasteiger partial charge in [0.1, 0.15) is 42.3 Å². The van der Waals surface area contributed by atoms with Crippen molar-refractivity contribution in [1.82, 2.24) is 5.32 Å². The molecule has 6 atom stereocenters. The van der Waals surface area contributed by atoms with Gasteiger partial charge in [-0.3, -0.25) is 4.79 Å². The first kappa shape index (κ1) is 29.7. The molecule has 2 aromatic carbocycles. The van der Waals surface area contributed by atoms with Gasteiger partial charge in [0.25, 0.3) is 0 Å². The van der Waals surface area contributed by atoms with Crippen LogP contribution in [-0.2, 0) is 33.3 Å². The third-order valence-corrected chi connectivity index (χ3v) is 6.31. The molecule has 2 fully saturated rings. The lowest BCUT2D eigenvalue weighted by Crippen LogP contribution is -2.67. The summed E-state index contributed by atoms with van der Waals surface area (Å²) in [6, 6.07) is 12.2. The first-order valence-electron chi connectivity index (χ1n) is 12.6. The van der Waals surface area contributed by atoms with Gasteiger partial charge in [0.05, 0.1) is 18.8 Å². The molecule has 0 radical (unpaired) electrons. The average Bonchev–Trinajstić information content (AvgIpc) is 2.95. The Morgan fingerprint density at radius 1 is 1.10 bits per heavy atom. The monoisotopic (exact) mass is 567 g/mol. The second-order valence-electron chi connectivity index (χ2n) is 9.28. The normalized spacial score (nSPS) is 25.2. The van der Waals surface area contributed by atoms with E-state index in [1.807, 2.05) is 30.3 Å². The van der Waals surface area contributed by atoms with Crippen LogP contribution in [-0.4, -0.2) is 83.6 Å². The zero-order chi connectivity index (χ0) is 29.5. The second-order valence-corrected chi connectivity index (χ2v) is 9.28.